The zero-order chi connectivity index (χ0) is 17.5. The van der Waals surface area contributed by atoms with Crippen LogP contribution in [-0.4, -0.2) is 29.1 Å². The maximum absolute atomic E-state index is 10.4. The maximum atomic E-state index is 10.4. The molecule has 0 aliphatic rings. The van der Waals surface area contributed by atoms with Gasteiger partial charge in [0.1, 0.15) is 18.2 Å². The molecule has 2 aromatic carbocycles. The highest BCUT2D eigenvalue weighted by Crippen LogP contribution is 2.18. The lowest BCUT2D eigenvalue weighted by atomic mass is 10.2. The molecule has 0 fully saturated rings. The number of hydrogen-bond donors (Lipinski definition) is 1. The molecule has 3 rings (SSSR count). The molecule has 0 atom stereocenters. The summed E-state index contributed by atoms with van der Waals surface area (Å²) >= 11 is 0. The van der Waals surface area contributed by atoms with Crippen molar-refractivity contribution in [3.05, 3.63) is 59.9 Å². The first kappa shape index (κ1) is 17.0. The number of ether oxygens (including phenoxy) is 1. The van der Waals surface area contributed by atoms with Crippen LogP contribution in [0.3, 0.4) is 0 Å². The minimum absolute atomic E-state index is 0.587. The molecule has 1 aromatic heterocycles. The summed E-state index contributed by atoms with van der Waals surface area (Å²) < 4.78 is 8.11. The Kier molecular flexibility index (Phi) is 5.67. The molecule has 5 nitrogen and oxygen atoms in total. The van der Waals surface area contributed by atoms with E-state index in [-0.39, 0.29) is 0 Å². The van der Waals surface area contributed by atoms with Gasteiger partial charge in [-0.15, -0.1) is 0 Å². The van der Waals surface area contributed by atoms with Crippen molar-refractivity contribution in [3.63, 3.8) is 0 Å². The van der Waals surface area contributed by atoms with Crippen molar-refractivity contribution in [2.45, 2.75) is 26.3 Å². The van der Waals surface area contributed by atoms with Crippen molar-refractivity contribution in [1.29, 1.82) is 0 Å². The van der Waals surface area contributed by atoms with E-state index in [1.54, 1.807) is 0 Å². The van der Waals surface area contributed by atoms with Crippen molar-refractivity contribution >= 4 is 17.4 Å². The largest absolute Gasteiger partial charge is 0.492 e. The predicted octanol–water partition coefficient (Wildman–Crippen LogP) is 3.10. The van der Waals surface area contributed by atoms with Gasteiger partial charge >= 0.3 is 0 Å². The van der Waals surface area contributed by atoms with Crippen LogP contribution in [0.5, 0.6) is 5.75 Å². The van der Waals surface area contributed by atoms with E-state index in [1.165, 1.54) is 5.56 Å². The maximum Gasteiger partial charge on any atom is 0.207 e. The topological polar surface area (TPSA) is 56.1 Å². The van der Waals surface area contributed by atoms with Crippen molar-refractivity contribution in [3.8, 4) is 5.75 Å². The monoisotopic (exact) mass is 337 g/mol. The highest BCUT2D eigenvalue weighted by molar-refractivity contribution is 5.75. The summed E-state index contributed by atoms with van der Waals surface area (Å²) in [6.07, 6.45) is 2.42. The van der Waals surface area contributed by atoms with Gasteiger partial charge in [-0.05, 0) is 43.2 Å². The molecule has 0 bridgehead atoms. The number of hydrogen-bond acceptors (Lipinski definition) is 3. The Morgan fingerprint density at radius 2 is 2.08 bits per heavy atom. The van der Waals surface area contributed by atoms with Gasteiger partial charge in [0.2, 0.25) is 6.41 Å². The fraction of sp³-hybridized carbons (Fsp3) is 0.300. The summed E-state index contributed by atoms with van der Waals surface area (Å²) in [5.41, 5.74) is 3.30. The van der Waals surface area contributed by atoms with E-state index >= 15 is 0 Å². The van der Waals surface area contributed by atoms with Crippen LogP contribution in [0.2, 0.25) is 0 Å². The molecule has 5 heteroatoms. The molecule has 0 radical (unpaired) electrons. The highest BCUT2D eigenvalue weighted by Gasteiger charge is 2.10. The summed E-state index contributed by atoms with van der Waals surface area (Å²) in [5.74, 6) is 1.92. The van der Waals surface area contributed by atoms with Gasteiger partial charge in [-0.2, -0.15) is 0 Å². The third kappa shape index (κ3) is 4.38. The van der Waals surface area contributed by atoms with Gasteiger partial charge in [0.25, 0.3) is 0 Å². The Labute approximate surface area is 147 Å². The average molecular weight is 337 g/mol. The number of carbonyl (C=O) groups is 1. The lowest BCUT2D eigenvalue weighted by Gasteiger charge is -2.11. The van der Waals surface area contributed by atoms with Crippen LogP contribution >= 0.6 is 0 Å². The number of para-hydroxylation sites is 2. The lowest BCUT2D eigenvalue weighted by Crippen LogP contribution is -2.15. The number of rotatable bonds is 9. The number of aryl methyl sites for hydroxylation is 2. The number of amides is 1. The van der Waals surface area contributed by atoms with Crippen molar-refractivity contribution in [1.82, 2.24) is 14.9 Å². The molecule has 0 aliphatic carbocycles. The van der Waals surface area contributed by atoms with Gasteiger partial charge in [0.15, 0.2) is 0 Å². The molecular weight excluding hydrogens is 314 g/mol. The second kappa shape index (κ2) is 8.33. The Balaban J connectivity index is 1.70. The second-order valence-corrected chi connectivity index (χ2v) is 6.01. The molecule has 1 amide bonds. The van der Waals surface area contributed by atoms with Gasteiger partial charge in [0.05, 0.1) is 17.6 Å². The summed E-state index contributed by atoms with van der Waals surface area (Å²) in [4.78, 5) is 15.1. The van der Waals surface area contributed by atoms with Gasteiger partial charge in [-0.1, -0.05) is 24.3 Å². The molecule has 0 unspecified atom stereocenters. The van der Waals surface area contributed by atoms with Crippen LogP contribution in [0.15, 0.2) is 48.5 Å². The summed E-state index contributed by atoms with van der Waals surface area (Å²) in [6.45, 7) is 4.04. The van der Waals surface area contributed by atoms with Crippen molar-refractivity contribution in [2.75, 3.05) is 13.2 Å². The van der Waals surface area contributed by atoms with Gasteiger partial charge in [-0.25, -0.2) is 4.98 Å². The van der Waals surface area contributed by atoms with Crippen LogP contribution in [0, 0.1) is 6.92 Å². The van der Waals surface area contributed by atoms with Crippen LogP contribution in [0.25, 0.3) is 11.0 Å². The second-order valence-electron chi connectivity index (χ2n) is 6.01. The minimum Gasteiger partial charge on any atom is -0.492 e. The number of carbonyl (C=O) groups excluding carboxylic acids is 1. The number of fused-ring (bicyclic) bond motifs is 1. The first-order chi connectivity index (χ1) is 12.3. The summed E-state index contributed by atoms with van der Waals surface area (Å²) in [6, 6.07) is 16.2. The number of nitrogens with zero attached hydrogens (tertiary/aromatic N) is 2. The molecule has 130 valence electrons. The first-order valence-corrected chi connectivity index (χ1v) is 8.58. The molecule has 3 aromatic rings. The zero-order valence-electron chi connectivity index (χ0n) is 14.4. The Morgan fingerprint density at radius 1 is 1.20 bits per heavy atom. The average Bonchev–Trinajstić information content (AvgIpc) is 2.97. The predicted molar refractivity (Wildman–Crippen MR) is 98.8 cm³/mol. The first-order valence-electron chi connectivity index (χ1n) is 8.58. The standard InChI is InChI=1S/C20H23N3O2/c1-16-6-4-7-17(14-16)25-13-12-23-19-9-3-2-8-18(19)22-20(23)10-5-11-21-15-24/h2-4,6-9,14-15H,5,10-13H2,1H3,(H,21,24). The van der Waals surface area contributed by atoms with E-state index in [2.05, 4.69) is 28.9 Å². The zero-order valence-corrected chi connectivity index (χ0v) is 14.4. The third-order valence-corrected chi connectivity index (χ3v) is 4.11. The summed E-state index contributed by atoms with van der Waals surface area (Å²) in [5, 5.41) is 2.70. The fourth-order valence-electron chi connectivity index (χ4n) is 2.93. The molecule has 0 spiro atoms. The number of nitrogens with one attached hydrogen (secondary N) is 1. The lowest BCUT2D eigenvalue weighted by molar-refractivity contribution is -0.109. The number of imidazole rings is 1. The highest BCUT2D eigenvalue weighted by atomic mass is 16.5. The quantitative estimate of drug-likeness (QED) is 0.482. The Morgan fingerprint density at radius 3 is 2.92 bits per heavy atom. The number of aromatic nitrogens is 2. The molecule has 0 saturated carbocycles. The van der Waals surface area contributed by atoms with Crippen LogP contribution in [-0.2, 0) is 17.8 Å². The van der Waals surface area contributed by atoms with Gasteiger partial charge in [0, 0.05) is 13.0 Å². The van der Waals surface area contributed by atoms with E-state index in [9.17, 15) is 4.79 Å². The third-order valence-electron chi connectivity index (χ3n) is 4.11. The smallest absolute Gasteiger partial charge is 0.207 e. The van der Waals surface area contributed by atoms with Crippen molar-refractivity contribution in [2.24, 2.45) is 0 Å². The Hall–Kier alpha value is -2.82. The van der Waals surface area contributed by atoms with E-state index in [1.807, 2.05) is 36.4 Å². The van der Waals surface area contributed by atoms with Crippen molar-refractivity contribution < 1.29 is 9.53 Å². The molecule has 1 heterocycles. The van der Waals surface area contributed by atoms with Crippen LogP contribution in [0.4, 0.5) is 0 Å². The van der Waals surface area contributed by atoms with E-state index in [4.69, 9.17) is 9.72 Å². The Bertz CT molecular complexity index is 842. The molecular formula is C20H23N3O2. The van der Waals surface area contributed by atoms with Crippen LogP contribution < -0.4 is 10.1 Å². The van der Waals surface area contributed by atoms with Crippen LogP contribution in [0.1, 0.15) is 17.8 Å². The molecule has 0 saturated heterocycles. The van der Waals surface area contributed by atoms with Gasteiger partial charge in [-0.3, -0.25) is 4.79 Å². The fourth-order valence-corrected chi connectivity index (χ4v) is 2.93. The van der Waals surface area contributed by atoms with E-state index in [0.717, 1.165) is 48.4 Å². The number of benzene rings is 2. The molecule has 1 N–H and O–H groups in total. The van der Waals surface area contributed by atoms with E-state index < -0.39 is 0 Å². The molecule has 0 aliphatic heterocycles. The SMILES string of the molecule is Cc1cccc(OCCn2c(CCCNC=O)nc3ccccc32)c1. The minimum atomic E-state index is 0.587. The normalized spacial score (nSPS) is 10.8. The summed E-state index contributed by atoms with van der Waals surface area (Å²) in [7, 11) is 0. The van der Waals surface area contributed by atoms with E-state index in [0.29, 0.717) is 13.2 Å². The van der Waals surface area contributed by atoms with Gasteiger partial charge < -0.3 is 14.6 Å². The molecule has 25 heavy (non-hydrogen) atoms.